The second-order valence-corrected chi connectivity index (χ2v) is 5.93. The van der Waals surface area contributed by atoms with Crippen molar-refractivity contribution in [3.8, 4) is 0 Å². The number of hydrazine groups is 1. The van der Waals surface area contributed by atoms with E-state index in [2.05, 4.69) is 46.5 Å². The molecule has 20 heavy (non-hydrogen) atoms. The minimum Gasteiger partial charge on any atom is -0.369 e. The fourth-order valence-electron chi connectivity index (χ4n) is 2.88. The zero-order valence-electron chi connectivity index (χ0n) is 12.7. The van der Waals surface area contributed by atoms with Crippen LogP contribution in [0.4, 0.5) is 11.6 Å². The van der Waals surface area contributed by atoms with E-state index in [-0.39, 0.29) is 0 Å². The Labute approximate surface area is 121 Å². The summed E-state index contributed by atoms with van der Waals surface area (Å²) in [6.45, 7) is 7.56. The van der Waals surface area contributed by atoms with Crippen molar-refractivity contribution in [3.63, 3.8) is 0 Å². The molecule has 0 saturated carbocycles. The number of piperidine rings is 1. The van der Waals surface area contributed by atoms with Gasteiger partial charge in [-0.2, -0.15) is 0 Å². The summed E-state index contributed by atoms with van der Waals surface area (Å²) < 4.78 is 0. The van der Waals surface area contributed by atoms with Gasteiger partial charge >= 0.3 is 0 Å². The maximum Gasteiger partial charge on any atom is 0.148 e. The lowest BCUT2D eigenvalue weighted by Gasteiger charge is -2.30. The van der Waals surface area contributed by atoms with Crippen LogP contribution >= 0.6 is 0 Å². The van der Waals surface area contributed by atoms with Gasteiger partial charge in [-0.3, -0.25) is 0 Å². The van der Waals surface area contributed by atoms with Gasteiger partial charge in [-0.05, 0) is 38.3 Å². The van der Waals surface area contributed by atoms with Gasteiger partial charge in [0.25, 0.3) is 0 Å². The molecule has 6 nitrogen and oxygen atoms in total. The molecule has 1 atom stereocenters. The third-order valence-electron chi connectivity index (χ3n) is 3.88. The fraction of sp³-hybridized carbons (Fsp3) is 0.714. The molecule has 1 unspecified atom stereocenters. The van der Waals surface area contributed by atoms with E-state index in [1.165, 1.54) is 19.4 Å². The molecule has 1 fully saturated rings. The van der Waals surface area contributed by atoms with E-state index in [0.29, 0.717) is 17.7 Å². The Bertz CT molecular complexity index is 434. The molecule has 0 radical (unpaired) electrons. The first-order valence-electron chi connectivity index (χ1n) is 7.35. The van der Waals surface area contributed by atoms with E-state index >= 15 is 0 Å². The normalized spacial score (nSPS) is 20.1. The number of hydrogen-bond acceptors (Lipinski definition) is 6. The van der Waals surface area contributed by atoms with E-state index in [1.807, 2.05) is 0 Å². The lowest BCUT2D eigenvalue weighted by molar-refractivity contribution is 0.217. The molecule has 2 rings (SSSR count). The summed E-state index contributed by atoms with van der Waals surface area (Å²) in [5, 5.41) is 3.49. The molecule has 2 heterocycles. The van der Waals surface area contributed by atoms with E-state index in [4.69, 9.17) is 5.84 Å². The average Bonchev–Trinajstić information content (AvgIpc) is 2.44. The molecular formula is C14H26N6. The number of aromatic nitrogens is 2. The van der Waals surface area contributed by atoms with E-state index in [0.717, 1.165) is 24.5 Å². The highest BCUT2D eigenvalue weighted by Gasteiger charge is 2.19. The topological polar surface area (TPSA) is 79.1 Å². The summed E-state index contributed by atoms with van der Waals surface area (Å²) in [6.07, 6.45) is 4.11. The van der Waals surface area contributed by atoms with Crippen molar-refractivity contribution in [2.45, 2.75) is 32.6 Å². The van der Waals surface area contributed by atoms with Crippen molar-refractivity contribution in [1.82, 2.24) is 14.9 Å². The summed E-state index contributed by atoms with van der Waals surface area (Å²) >= 11 is 0. The third kappa shape index (κ3) is 3.58. The molecule has 0 aliphatic carbocycles. The highest BCUT2D eigenvalue weighted by molar-refractivity contribution is 5.58. The fourth-order valence-corrected chi connectivity index (χ4v) is 2.88. The molecule has 1 aromatic rings. The number of nitrogens with one attached hydrogen (secondary N) is 2. The van der Waals surface area contributed by atoms with Crippen LogP contribution in [-0.2, 0) is 0 Å². The van der Waals surface area contributed by atoms with Crippen molar-refractivity contribution in [2.75, 3.05) is 37.4 Å². The predicted molar refractivity (Wildman–Crippen MR) is 82.6 cm³/mol. The number of nitrogens with two attached hydrogens (primary N) is 1. The number of anilines is 2. The third-order valence-corrected chi connectivity index (χ3v) is 3.88. The summed E-state index contributed by atoms with van der Waals surface area (Å²) in [5.41, 5.74) is 3.72. The highest BCUT2D eigenvalue weighted by Crippen LogP contribution is 2.28. The van der Waals surface area contributed by atoms with Gasteiger partial charge in [-0.1, -0.05) is 13.8 Å². The van der Waals surface area contributed by atoms with Gasteiger partial charge in [0, 0.05) is 18.7 Å². The summed E-state index contributed by atoms with van der Waals surface area (Å²) in [7, 11) is 2.19. The minimum atomic E-state index is 0.318. The van der Waals surface area contributed by atoms with Crippen LogP contribution < -0.4 is 16.6 Å². The first kappa shape index (κ1) is 15.0. The van der Waals surface area contributed by atoms with Gasteiger partial charge in [0.05, 0.1) is 0 Å². The zero-order valence-corrected chi connectivity index (χ0v) is 12.7. The van der Waals surface area contributed by atoms with E-state index in [1.54, 1.807) is 6.33 Å². The van der Waals surface area contributed by atoms with Gasteiger partial charge < -0.3 is 15.6 Å². The second-order valence-electron chi connectivity index (χ2n) is 5.93. The number of nitrogens with zero attached hydrogens (tertiary/aromatic N) is 3. The summed E-state index contributed by atoms with van der Waals surface area (Å²) in [5.74, 6) is 8.14. The molecule has 0 amide bonds. The first-order valence-corrected chi connectivity index (χ1v) is 7.35. The van der Waals surface area contributed by atoms with Gasteiger partial charge in [-0.25, -0.2) is 15.8 Å². The SMILES string of the molecule is CC(C)c1c(NN)ncnc1NCC1CCCN(C)C1. The number of hydrogen-bond donors (Lipinski definition) is 3. The van der Waals surface area contributed by atoms with Crippen molar-refractivity contribution in [3.05, 3.63) is 11.9 Å². The van der Waals surface area contributed by atoms with Crippen LogP contribution in [0.25, 0.3) is 0 Å². The van der Waals surface area contributed by atoms with E-state index in [9.17, 15) is 0 Å². The van der Waals surface area contributed by atoms with Crippen molar-refractivity contribution in [1.29, 1.82) is 0 Å². The van der Waals surface area contributed by atoms with Crippen molar-refractivity contribution in [2.24, 2.45) is 11.8 Å². The highest BCUT2D eigenvalue weighted by atomic mass is 15.3. The Morgan fingerprint density at radius 2 is 2.15 bits per heavy atom. The lowest BCUT2D eigenvalue weighted by Crippen LogP contribution is -2.35. The van der Waals surface area contributed by atoms with Gasteiger partial charge in [-0.15, -0.1) is 0 Å². The Hall–Kier alpha value is -1.40. The number of rotatable bonds is 5. The Kier molecular flexibility index (Phi) is 5.14. The molecule has 1 saturated heterocycles. The molecule has 0 bridgehead atoms. The maximum atomic E-state index is 5.54. The number of nitrogen functional groups attached to an aromatic ring is 1. The Balaban J connectivity index is 2.05. The molecule has 112 valence electrons. The molecule has 4 N–H and O–H groups in total. The van der Waals surface area contributed by atoms with Crippen molar-refractivity contribution >= 4 is 11.6 Å². The minimum absolute atomic E-state index is 0.318. The van der Waals surface area contributed by atoms with Crippen LogP contribution in [-0.4, -0.2) is 41.5 Å². The molecule has 1 aromatic heterocycles. The van der Waals surface area contributed by atoms with Crippen molar-refractivity contribution < 1.29 is 0 Å². The van der Waals surface area contributed by atoms with E-state index < -0.39 is 0 Å². The van der Waals surface area contributed by atoms with Crippen LogP contribution in [0.1, 0.15) is 38.2 Å². The van der Waals surface area contributed by atoms with Crippen LogP contribution in [0.2, 0.25) is 0 Å². The first-order chi connectivity index (χ1) is 9.61. The van der Waals surface area contributed by atoms with Crippen LogP contribution in [0.5, 0.6) is 0 Å². The molecule has 1 aliphatic heterocycles. The molecule has 1 aliphatic rings. The summed E-state index contributed by atoms with van der Waals surface area (Å²) in [6, 6.07) is 0. The van der Waals surface area contributed by atoms with Crippen LogP contribution in [0.15, 0.2) is 6.33 Å². The second kappa shape index (κ2) is 6.85. The lowest BCUT2D eigenvalue weighted by atomic mass is 9.98. The van der Waals surface area contributed by atoms with Crippen LogP contribution in [0.3, 0.4) is 0 Å². The summed E-state index contributed by atoms with van der Waals surface area (Å²) in [4.78, 5) is 11.0. The largest absolute Gasteiger partial charge is 0.369 e. The smallest absolute Gasteiger partial charge is 0.148 e. The molecule has 6 heteroatoms. The van der Waals surface area contributed by atoms with Gasteiger partial charge in [0.15, 0.2) is 0 Å². The molecular weight excluding hydrogens is 252 g/mol. The number of likely N-dealkylation sites (tertiary alicyclic amines) is 1. The van der Waals surface area contributed by atoms with Gasteiger partial charge in [0.1, 0.15) is 18.0 Å². The monoisotopic (exact) mass is 278 g/mol. The van der Waals surface area contributed by atoms with Gasteiger partial charge in [0.2, 0.25) is 0 Å². The standard InChI is InChI=1S/C14H26N6/c1-10(2)12-13(17-9-18-14(12)19-15)16-7-11-5-4-6-20(3)8-11/h9-11H,4-8,15H2,1-3H3,(H2,16,17,18,19). The maximum absolute atomic E-state index is 5.54. The quantitative estimate of drug-likeness (QED) is 0.561. The molecule has 0 aromatic carbocycles. The Morgan fingerprint density at radius 3 is 2.80 bits per heavy atom. The zero-order chi connectivity index (χ0) is 14.5. The average molecular weight is 278 g/mol. The molecule has 0 spiro atoms. The van der Waals surface area contributed by atoms with Crippen LogP contribution in [0, 0.1) is 5.92 Å². The predicted octanol–water partition coefficient (Wildman–Crippen LogP) is 1.64. The Morgan fingerprint density at radius 1 is 1.40 bits per heavy atom.